The smallest absolute Gasteiger partial charge is 0.129 e. The van der Waals surface area contributed by atoms with Crippen molar-refractivity contribution < 1.29 is 4.39 Å². The zero-order chi connectivity index (χ0) is 16.1. The molecular formula is C17H17Cl3FN. The number of hydrogen-bond donors (Lipinski definition) is 1. The van der Waals surface area contributed by atoms with Crippen molar-refractivity contribution in [3.63, 3.8) is 0 Å². The Kier molecular flexibility index (Phi) is 6.51. The zero-order valence-electron chi connectivity index (χ0n) is 12.2. The molecule has 1 atom stereocenters. The standard InChI is InChI=1S/C17H17Cl3FN/c1-11(2-3-12-4-7-15(19)16(20)8-12)22-10-13-5-6-14(18)9-17(13)21/h4-9,11,22H,2-3,10H2,1H3. The maximum atomic E-state index is 13.7. The average Bonchev–Trinajstić information content (AvgIpc) is 2.47. The topological polar surface area (TPSA) is 12.0 Å². The molecule has 0 aliphatic rings. The average molecular weight is 361 g/mol. The van der Waals surface area contributed by atoms with Crippen LogP contribution in [0.25, 0.3) is 0 Å². The number of rotatable bonds is 6. The first-order valence-corrected chi connectivity index (χ1v) is 8.20. The van der Waals surface area contributed by atoms with Crippen LogP contribution in [0.3, 0.4) is 0 Å². The van der Waals surface area contributed by atoms with Gasteiger partial charge in [0.15, 0.2) is 0 Å². The van der Waals surface area contributed by atoms with Crippen molar-refractivity contribution in [1.82, 2.24) is 5.32 Å². The first-order valence-electron chi connectivity index (χ1n) is 7.07. The quantitative estimate of drug-likeness (QED) is 0.676. The van der Waals surface area contributed by atoms with Gasteiger partial charge in [-0.25, -0.2) is 4.39 Å². The lowest BCUT2D eigenvalue weighted by Gasteiger charge is -2.14. The molecule has 2 aromatic rings. The van der Waals surface area contributed by atoms with E-state index in [0.717, 1.165) is 18.4 Å². The number of benzene rings is 2. The van der Waals surface area contributed by atoms with E-state index < -0.39 is 0 Å². The first kappa shape index (κ1) is 17.6. The van der Waals surface area contributed by atoms with Crippen LogP contribution in [0.4, 0.5) is 4.39 Å². The van der Waals surface area contributed by atoms with Gasteiger partial charge in [-0.1, -0.05) is 46.9 Å². The highest BCUT2D eigenvalue weighted by atomic mass is 35.5. The molecule has 1 nitrogen and oxygen atoms in total. The Bertz CT molecular complexity index is 646. The third-order valence-corrected chi connectivity index (χ3v) is 4.48. The van der Waals surface area contributed by atoms with Crippen LogP contribution in [0.5, 0.6) is 0 Å². The van der Waals surface area contributed by atoms with Crippen molar-refractivity contribution in [2.24, 2.45) is 0 Å². The SMILES string of the molecule is CC(CCc1ccc(Cl)c(Cl)c1)NCc1ccc(Cl)cc1F. The second kappa shape index (κ2) is 8.16. The fraction of sp³-hybridized carbons (Fsp3) is 0.294. The van der Waals surface area contributed by atoms with Gasteiger partial charge in [-0.2, -0.15) is 0 Å². The molecule has 118 valence electrons. The molecule has 0 radical (unpaired) electrons. The molecule has 22 heavy (non-hydrogen) atoms. The minimum Gasteiger partial charge on any atom is -0.310 e. The van der Waals surface area contributed by atoms with Crippen LogP contribution in [-0.4, -0.2) is 6.04 Å². The van der Waals surface area contributed by atoms with Gasteiger partial charge in [0.2, 0.25) is 0 Å². The molecule has 0 bridgehead atoms. The number of nitrogens with one attached hydrogen (secondary N) is 1. The summed E-state index contributed by atoms with van der Waals surface area (Å²) in [6, 6.07) is 10.7. The molecule has 0 aliphatic carbocycles. The van der Waals surface area contributed by atoms with E-state index in [4.69, 9.17) is 34.8 Å². The van der Waals surface area contributed by atoms with Gasteiger partial charge >= 0.3 is 0 Å². The van der Waals surface area contributed by atoms with E-state index in [1.807, 2.05) is 12.1 Å². The molecule has 0 spiro atoms. The summed E-state index contributed by atoms with van der Waals surface area (Å²) < 4.78 is 13.7. The Balaban J connectivity index is 1.82. The van der Waals surface area contributed by atoms with Gasteiger partial charge < -0.3 is 5.32 Å². The van der Waals surface area contributed by atoms with E-state index in [-0.39, 0.29) is 11.9 Å². The van der Waals surface area contributed by atoms with Crippen LogP contribution >= 0.6 is 34.8 Å². The Morgan fingerprint density at radius 3 is 2.50 bits per heavy atom. The van der Waals surface area contributed by atoms with E-state index in [9.17, 15) is 4.39 Å². The minimum absolute atomic E-state index is 0.254. The molecule has 1 N–H and O–H groups in total. The van der Waals surface area contributed by atoms with Crippen molar-refractivity contribution in [1.29, 1.82) is 0 Å². The van der Waals surface area contributed by atoms with E-state index in [2.05, 4.69) is 12.2 Å². The van der Waals surface area contributed by atoms with Crippen molar-refractivity contribution in [2.45, 2.75) is 32.4 Å². The summed E-state index contributed by atoms with van der Waals surface area (Å²) >= 11 is 17.6. The largest absolute Gasteiger partial charge is 0.310 e. The minimum atomic E-state index is -0.281. The van der Waals surface area contributed by atoms with Gasteiger partial charge in [0, 0.05) is 23.2 Å². The summed E-state index contributed by atoms with van der Waals surface area (Å²) in [7, 11) is 0. The molecule has 2 rings (SSSR count). The van der Waals surface area contributed by atoms with Gasteiger partial charge in [-0.05, 0) is 49.6 Å². The summed E-state index contributed by atoms with van der Waals surface area (Å²) in [6.45, 7) is 2.55. The lowest BCUT2D eigenvalue weighted by molar-refractivity contribution is 0.501. The highest BCUT2D eigenvalue weighted by molar-refractivity contribution is 6.42. The molecule has 0 aliphatic heterocycles. The Hall–Kier alpha value is -0.800. The lowest BCUT2D eigenvalue weighted by atomic mass is 10.1. The molecular weight excluding hydrogens is 344 g/mol. The lowest BCUT2D eigenvalue weighted by Crippen LogP contribution is -2.26. The Labute approximate surface area is 145 Å². The Morgan fingerprint density at radius 2 is 1.82 bits per heavy atom. The normalized spacial score (nSPS) is 12.4. The fourth-order valence-electron chi connectivity index (χ4n) is 2.13. The van der Waals surface area contributed by atoms with Gasteiger partial charge in [-0.3, -0.25) is 0 Å². The highest BCUT2D eigenvalue weighted by Crippen LogP contribution is 2.23. The fourth-order valence-corrected chi connectivity index (χ4v) is 2.61. The molecule has 1 unspecified atom stereocenters. The maximum Gasteiger partial charge on any atom is 0.129 e. The monoisotopic (exact) mass is 359 g/mol. The van der Waals surface area contributed by atoms with Crippen LogP contribution < -0.4 is 5.32 Å². The molecule has 0 aromatic heterocycles. The number of hydrogen-bond acceptors (Lipinski definition) is 1. The van der Waals surface area contributed by atoms with Crippen LogP contribution in [0.15, 0.2) is 36.4 Å². The summed E-state index contributed by atoms with van der Waals surface area (Å²) in [5, 5.41) is 4.86. The summed E-state index contributed by atoms with van der Waals surface area (Å²) in [4.78, 5) is 0. The van der Waals surface area contributed by atoms with Gasteiger partial charge in [0.05, 0.1) is 10.0 Å². The highest BCUT2D eigenvalue weighted by Gasteiger charge is 2.07. The number of aryl methyl sites for hydroxylation is 1. The van der Waals surface area contributed by atoms with E-state index in [1.165, 1.54) is 6.07 Å². The number of halogens is 4. The van der Waals surface area contributed by atoms with Crippen LogP contribution in [0.2, 0.25) is 15.1 Å². The summed E-state index contributed by atoms with van der Waals surface area (Å²) in [6.07, 6.45) is 1.81. The Morgan fingerprint density at radius 1 is 1.05 bits per heavy atom. The van der Waals surface area contributed by atoms with E-state index >= 15 is 0 Å². The third kappa shape index (κ3) is 5.13. The second-order valence-electron chi connectivity index (χ2n) is 5.30. The van der Waals surface area contributed by atoms with Crippen molar-refractivity contribution in [3.8, 4) is 0 Å². The summed E-state index contributed by atoms with van der Waals surface area (Å²) in [5.41, 5.74) is 1.76. The van der Waals surface area contributed by atoms with Crippen LogP contribution in [0, 0.1) is 5.82 Å². The molecule has 0 amide bonds. The van der Waals surface area contributed by atoms with E-state index in [0.29, 0.717) is 27.2 Å². The summed E-state index contributed by atoms with van der Waals surface area (Å²) in [5.74, 6) is -0.281. The van der Waals surface area contributed by atoms with Crippen molar-refractivity contribution in [2.75, 3.05) is 0 Å². The molecule has 0 saturated carbocycles. The van der Waals surface area contributed by atoms with Crippen LogP contribution in [0.1, 0.15) is 24.5 Å². The van der Waals surface area contributed by atoms with Crippen molar-refractivity contribution >= 4 is 34.8 Å². The molecule has 2 aromatic carbocycles. The molecule has 0 saturated heterocycles. The van der Waals surface area contributed by atoms with Gasteiger partial charge in [0.25, 0.3) is 0 Å². The molecule has 0 fully saturated rings. The molecule has 5 heteroatoms. The zero-order valence-corrected chi connectivity index (χ0v) is 14.4. The van der Waals surface area contributed by atoms with Crippen molar-refractivity contribution in [3.05, 3.63) is 68.4 Å². The molecule has 0 heterocycles. The van der Waals surface area contributed by atoms with E-state index in [1.54, 1.807) is 18.2 Å². The van der Waals surface area contributed by atoms with Gasteiger partial charge in [0.1, 0.15) is 5.82 Å². The third-order valence-electron chi connectivity index (χ3n) is 3.51. The maximum absolute atomic E-state index is 13.7. The second-order valence-corrected chi connectivity index (χ2v) is 6.56. The van der Waals surface area contributed by atoms with Crippen LogP contribution in [-0.2, 0) is 13.0 Å². The predicted molar refractivity (Wildman–Crippen MR) is 92.5 cm³/mol. The first-order chi connectivity index (χ1) is 10.5. The van der Waals surface area contributed by atoms with Gasteiger partial charge in [-0.15, -0.1) is 0 Å². The predicted octanol–water partition coefficient (Wildman–Crippen LogP) is 5.90.